The molecule has 1 N–H and O–H groups in total. The molecule has 0 aliphatic heterocycles. The van der Waals surface area contributed by atoms with Gasteiger partial charge in [-0.2, -0.15) is 0 Å². The van der Waals surface area contributed by atoms with Crippen molar-refractivity contribution in [1.82, 2.24) is 4.90 Å². The second-order valence-corrected chi connectivity index (χ2v) is 5.91. The summed E-state index contributed by atoms with van der Waals surface area (Å²) in [7, 11) is 1.84. The first-order valence-corrected chi connectivity index (χ1v) is 7.04. The summed E-state index contributed by atoms with van der Waals surface area (Å²) in [5, 5.41) is 9.39. The number of rotatable bonds is 4. The van der Waals surface area contributed by atoms with Gasteiger partial charge in [-0.3, -0.25) is 9.59 Å². The molecule has 0 atom stereocenters. The van der Waals surface area contributed by atoms with Crippen LogP contribution in [0.4, 0.5) is 0 Å². The first kappa shape index (κ1) is 13.4. The van der Waals surface area contributed by atoms with Crippen molar-refractivity contribution in [1.29, 1.82) is 0 Å². The second-order valence-electron chi connectivity index (χ2n) is 5.91. The van der Waals surface area contributed by atoms with Gasteiger partial charge in [-0.05, 0) is 25.7 Å². The maximum absolute atomic E-state index is 12.3. The number of hydrogen-bond donors (Lipinski definition) is 1. The monoisotopic (exact) mass is 253 g/mol. The number of carboxylic acid groups (broad SMARTS) is 1. The van der Waals surface area contributed by atoms with Gasteiger partial charge in [-0.1, -0.05) is 25.7 Å². The fourth-order valence-corrected chi connectivity index (χ4v) is 3.43. The van der Waals surface area contributed by atoms with Crippen LogP contribution in [-0.2, 0) is 9.59 Å². The Balaban J connectivity index is 1.98. The van der Waals surface area contributed by atoms with Crippen LogP contribution < -0.4 is 0 Å². The molecule has 2 aliphatic rings. The van der Waals surface area contributed by atoms with Gasteiger partial charge in [0.2, 0.25) is 5.91 Å². The lowest BCUT2D eigenvalue weighted by Crippen LogP contribution is -2.40. The SMILES string of the molecule is CN(C(=O)CC1(C(=O)O)CCCC1)C1CCCC1. The molecule has 0 spiro atoms. The number of aliphatic carboxylic acids is 1. The molecule has 0 aromatic carbocycles. The molecule has 0 unspecified atom stereocenters. The van der Waals surface area contributed by atoms with Crippen molar-refractivity contribution in [2.45, 2.75) is 63.8 Å². The van der Waals surface area contributed by atoms with Crippen molar-refractivity contribution in [3.8, 4) is 0 Å². The van der Waals surface area contributed by atoms with Gasteiger partial charge < -0.3 is 10.0 Å². The smallest absolute Gasteiger partial charge is 0.310 e. The van der Waals surface area contributed by atoms with E-state index < -0.39 is 11.4 Å². The van der Waals surface area contributed by atoms with Crippen LogP contribution in [-0.4, -0.2) is 35.0 Å². The average molecular weight is 253 g/mol. The summed E-state index contributed by atoms with van der Waals surface area (Å²) < 4.78 is 0. The van der Waals surface area contributed by atoms with Crippen molar-refractivity contribution in [3.63, 3.8) is 0 Å². The molecular formula is C14H23NO3. The Morgan fingerprint density at radius 3 is 2.22 bits per heavy atom. The predicted molar refractivity (Wildman–Crippen MR) is 68.2 cm³/mol. The van der Waals surface area contributed by atoms with Crippen molar-refractivity contribution in [3.05, 3.63) is 0 Å². The van der Waals surface area contributed by atoms with Crippen molar-refractivity contribution < 1.29 is 14.7 Å². The lowest BCUT2D eigenvalue weighted by atomic mass is 9.82. The Morgan fingerprint density at radius 1 is 1.17 bits per heavy atom. The second kappa shape index (κ2) is 5.29. The molecule has 2 saturated carbocycles. The molecule has 102 valence electrons. The number of carboxylic acids is 1. The first-order chi connectivity index (χ1) is 8.55. The minimum Gasteiger partial charge on any atom is -0.481 e. The Bertz CT molecular complexity index is 328. The highest BCUT2D eigenvalue weighted by molar-refractivity contribution is 5.85. The van der Waals surface area contributed by atoms with Gasteiger partial charge in [0.15, 0.2) is 0 Å². The number of carbonyl (C=O) groups is 2. The molecule has 0 aromatic heterocycles. The van der Waals surface area contributed by atoms with Gasteiger partial charge in [0.1, 0.15) is 0 Å². The van der Waals surface area contributed by atoms with Gasteiger partial charge in [-0.25, -0.2) is 0 Å². The van der Waals surface area contributed by atoms with E-state index in [9.17, 15) is 14.7 Å². The van der Waals surface area contributed by atoms with Crippen LogP contribution in [0.25, 0.3) is 0 Å². The summed E-state index contributed by atoms with van der Waals surface area (Å²) in [6, 6.07) is 0.338. The molecule has 2 aliphatic carbocycles. The van der Waals surface area contributed by atoms with E-state index in [4.69, 9.17) is 0 Å². The molecule has 0 radical (unpaired) electrons. The van der Waals surface area contributed by atoms with E-state index in [1.54, 1.807) is 4.90 Å². The Labute approximate surface area is 108 Å². The third-order valence-electron chi connectivity index (χ3n) is 4.77. The van der Waals surface area contributed by atoms with E-state index in [0.29, 0.717) is 18.9 Å². The molecule has 0 aromatic rings. The van der Waals surface area contributed by atoms with Crippen molar-refractivity contribution >= 4 is 11.9 Å². The third kappa shape index (κ3) is 2.52. The number of amides is 1. The van der Waals surface area contributed by atoms with Gasteiger partial charge in [-0.15, -0.1) is 0 Å². The zero-order valence-electron chi connectivity index (χ0n) is 11.2. The largest absolute Gasteiger partial charge is 0.481 e. The Morgan fingerprint density at radius 2 is 1.72 bits per heavy atom. The van der Waals surface area contributed by atoms with E-state index in [1.165, 1.54) is 12.8 Å². The number of carbonyl (C=O) groups excluding carboxylic acids is 1. The summed E-state index contributed by atoms with van der Waals surface area (Å²) >= 11 is 0. The fraction of sp³-hybridized carbons (Fsp3) is 0.857. The van der Waals surface area contributed by atoms with Crippen molar-refractivity contribution in [2.24, 2.45) is 5.41 Å². The summed E-state index contributed by atoms with van der Waals surface area (Å²) in [5.74, 6) is -0.764. The minimum atomic E-state index is -0.784. The van der Waals surface area contributed by atoms with Crippen LogP contribution in [0, 0.1) is 5.41 Å². The Kier molecular flexibility index (Phi) is 3.93. The maximum Gasteiger partial charge on any atom is 0.310 e. The van der Waals surface area contributed by atoms with Crippen LogP contribution in [0.2, 0.25) is 0 Å². The lowest BCUT2D eigenvalue weighted by molar-refractivity contribution is -0.153. The van der Waals surface area contributed by atoms with Crippen molar-refractivity contribution in [2.75, 3.05) is 7.05 Å². The molecule has 0 heterocycles. The lowest BCUT2D eigenvalue weighted by Gasteiger charge is -2.29. The first-order valence-electron chi connectivity index (χ1n) is 7.04. The van der Waals surface area contributed by atoms with Crippen LogP contribution in [0.5, 0.6) is 0 Å². The van der Waals surface area contributed by atoms with Crippen LogP contribution in [0.1, 0.15) is 57.8 Å². The predicted octanol–water partition coefficient (Wildman–Crippen LogP) is 2.42. The third-order valence-corrected chi connectivity index (χ3v) is 4.77. The minimum absolute atomic E-state index is 0.0196. The molecule has 2 rings (SSSR count). The topological polar surface area (TPSA) is 57.6 Å². The molecule has 4 nitrogen and oxygen atoms in total. The summed E-state index contributed by atoms with van der Waals surface area (Å²) in [6.07, 6.45) is 7.90. The van der Waals surface area contributed by atoms with E-state index in [0.717, 1.165) is 25.7 Å². The van der Waals surface area contributed by atoms with Crippen LogP contribution >= 0.6 is 0 Å². The zero-order chi connectivity index (χ0) is 13.2. The summed E-state index contributed by atoms with van der Waals surface area (Å²) in [4.78, 5) is 25.5. The maximum atomic E-state index is 12.3. The molecule has 0 bridgehead atoms. The molecular weight excluding hydrogens is 230 g/mol. The van der Waals surface area contributed by atoms with Gasteiger partial charge >= 0.3 is 5.97 Å². The molecule has 0 saturated heterocycles. The molecule has 2 fully saturated rings. The van der Waals surface area contributed by atoms with E-state index >= 15 is 0 Å². The van der Waals surface area contributed by atoms with Gasteiger partial charge in [0.25, 0.3) is 0 Å². The number of nitrogens with zero attached hydrogens (tertiary/aromatic N) is 1. The van der Waals surface area contributed by atoms with Gasteiger partial charge in [0, 0.05) is 19.5 Å². The standard InChI is InChI=1S/C14H23NO3/c1-15(11-6-2-3-7-11)12(16)10-14(13(17)18)8-4-5-9-14/h11H,2-10H2,1H3,(H,17,18). The zero-order valence-corrected chi connectivity index (χ0v) is 11.2. The summed E-state index contributed by atoms with van der Waals surface area (Å²) in [6.45, 7) is 0. The molecule has 18 heavy (non-hydrogen) atoms. The van der Waals surface area contributed by atoms with E-state index in [1.807, 2.05) is 7.05 Å². The Hall–Kier alpha value is -1.06. The normalized spacial score (nSPS) is 23.2. The molecule has 1 amide bonds. The van der Waals surface area contributed by atoms with Crippen LogP contribution in [0.15, 0.2) is 0 Å². The molecule has 4 heteroatoms. The van der Waals surface area contributed by atoms with E-state index in [2.05, 4.69) is 0 Å². The summed E-state index contributed by atoms with van der Waals surface area (Å²) in [5.41, 5.74) is -0.774. The highest BCUT2D eigenvalue weighted by atomic mass is 16.4. The van der Waals surface area contributed by atoms with Gasteiger partial charge in [0.05, 0.1) is 5.41 Å². The highest BCUT2D eigenvalue weighted by Crippen LogP contribution is 2.42. The van der Waals surface area contributed by atoms with E-state index in [-0.39, 0.29) is 12.3 Å². The quantitative estimate of drug-likeness (QED) is 0.837. The average Bonchev–Trinajstić information content (AvgIpc) is 2.99. The van der Waals surface area contributed by atoms with Crippen LogP contribution in [0.3, 0.4) is 0 Å². The highest BCUT2D eigenvalue weighted by Gasteiger charge is 2.44. The fourth-order valence-electron chi connectivity index (χ4n) is 3.43. The number of hydrogen-bond acceptors (Lipinski definition) is 2.